The number of alkyl halides is 5. The summed E-state index contributed by atoms with van der Waals surface area (Å²) in [5.74, 6) is -3.96. The summed E-state index contributed by atoms with van der Waals surface area (Å²) in [5, 5.41) is 2.59. The van der Waals surface area contributed by atoms with Crippen LogP contribution in [0.1, 0.15) is 49.7 Å². The summed E-state index contributed by atoms with van der Waals surface area (Å²) in [6.45, 7) is 4.50. The lowest BCUT2D eigenvalue weighted by atomic mass is 10.0. The second kappa shape index (κ2) is 11.1. The summed E-state index contributed by atoms with van der Waals surface area (Å²) in [4.78, 5) is 26.1. The van der Waals surface area contributed by atoms with Crippen LogP contribution in [-0.2, 0) is 21.4 Å². The molecule has 2 amide bonds. The number of amides is 2. The number of hydrogen-bond donors (Lipinski definition) is 1. The Labute approximate surface area is 237 Å². The minimum atomic E-state index is -6.07. The molecule has 3 aromatic rings. The third-order valence-electron chi connectivity index (χ3n) is 6.17. The molecule has 0 bridgehead atoms. The monoisotopic (exact) mass is 618 g/mol. The second-order valence-electron chi connectivity index (χ2n) is 10.7. The highest BCUT2D eigenvalue weighted by Crippen LogP contribution is 2.38. The van der Waals surface area contributed by atoms with Gasteiger partial charge in [-0.25, -0.2) is 13.6 Å². The maximum atomic E-state index is 13.5. The predicted molar refractivity (Wildman–Crippen MR) is 140 cm³/mol. The van der Waals surface area contributed by atoms with E-state index in [1.54, 1.807) is 20.8 Å². The van der Waals surface area contributed by atoms with Crippen LogP contribution in [-0.4, -0.2) is 55.4 Å². The van der Waals surface area contributed by atoms with Crippen LogP contribution in [0.5, 0.6) is 5.75 Å². The summed E-state index contributed by atoms with van der Waals surface area (Å²) in [7, 11) is -6.07. The van der Waals surface area contributed by atoms with Crippen molar-refractivity contribution in [2.24, 2.45) is 0 Å². The maximum Gasteiger partial charge on any atom is 0.534 e. The quantitative estimate of drug-likeness (QED) is 0.198. The molecule has 42 heavy (non-hydrogen) atoms. The lowest BCUT2D eigenvalue weighted by molar-refractivity contribution is -0.0504. The van der Waals surface area contributed by atoms with Gasteiger partial charge in [-0.15, -0.1) is 0 Å². The van der Waals surface area contributed by atoms with E-state index in [4.69, 9.17) is 9.15 Å². The summed E-state index contributed by atoms with van der Waals surface area (Å²) in [5.41, 5.74) is -6.02. The number of hydrogen-bond acceptors (Lipinski definition) is 7. The first-order chi connectivity index (χ1) is 19.3. The number of fused-ring (bicyclic) bond motifs is 1. The Morgan fingerprint density at radius 2 is 1.62 bits per heavy atom. The van der Waals surface area contributed by atoms with Crippen molar-refractivity contribution < 1.29 is 53.3 Å². The van der Waals surface area contributed by atoms with E-state index in [0.29, 0.717) is 5.56 Å². The number of nitrogens with zero attached hydrogens (tertiary/aromatic N) is 1. The van der Waals surface area contributed by atoms with Crippen LogP contribution in [0, 0.1) is 0 Å². The molecule has 9 nitrogen and oxygen atoms in total. The lowest BCUT2D eigenvalue weighted by Gasteiger charge is -2.31. The van der Waals surface area contributed by atoms with Crippen LogP contribution in [0.25, 0.3) is 22.1 Å². The summed E-state index contributed by atoms with van der Waals surface area (Å²) < 4.78 is 105. The number of furan rings is 1. The normalized spacial score (nSPS) is 15.9. The van der Waals surface area contributed by atoms with Gasteiger partial charge in [0.15, 0.2) is 11.3 Å². The van der Waals surface area contributed by atoms with E-state index in [9.17, 15) is 40.0 Å². The molecule has 0 atom stereocenters. The molecule has 0 unspecified atom stereocenters. The van der Waals surface area contributed by atoms with E-state index in [0.717, 1.165) is 6.07 Å². The Balaban J connectivity index is 1.64. The molecular weight excluding hydrogens is 591 g/mol. The number of alkyl carbamates (subject to hydrolysis) is 1. The number of ether oxygens (including phenoxy) is 1. The average Bonchev–Trinajstić information content (AvgIpc) is 3.29. The minimum absolute atomic E-state index is 0.0651. The standard InChI is InChI=1S/C27H27F5N2O7S/c1-25(2,3)40-24(36)33-15-20-13-19-12-18(14-21(22(19)39-20)41-42(37,38)27(30,31)32)16-4-6-17(7-5-16)23(35)34-10-8-26(28,29)9-11-34/h4-7,12-14H,8-11,15H2,1-3H3,(H,33,36). The lowest BCUT2D eigenvalue weighted by Crippen LogP contribution is -2.42. The van der Waals surface area contributed by atoms with Gasteiger partial charge in [-0.3, -0.25) is 4.79 Å². The van der Waals surface area contributed by atoms with E-state index in [-0.39, 0.29) is 47.5 Å². The first-order valence-electron chi connectivity index (χ1n) is 12.7. The van der Waals surface area contributed by atoms with Crippen molar-refractivity contribution in [2.45, 2.75) is 57.2 Å². The Bertz CT molecular complexity index is 1580. The van der Waals surface area contributed by atoms with Crippen LogP contribution < -0.4 is 9.50 Å². The van der Waals surface area contributed by atoms with E-state index in [1.165, 1.54) is 41.3 Å². The Morgan fingerprint density at radius 3 is 2.19 bits per heavy atom. The van der Waals surface area contributed by atoms with Crippen molar-refractivity contribution in [3.63, 3.8) is 0 Å². The fourth-order valence-electron chi connectivity index (χ4n) is 4.15. The molecule has 1 fully saturated rings. The SMILES string of the molecule is CC(C)(C)OC(=O)NCc1cc2cc(-c3ccc(C(=O)N4CCC(F)(F)CC4)cc3)cc(OS(=O)(=O)C(F)(F)F)c2o1. The number of carbonyl (C=O) groups is 2. The fourth-order valence-corrected chi connectivity index (χ4v) is 4.61. The van der Waals surface area contributed by atoms with E-state index in [2.05, 4.69) is 9.50 Å². The molecule has 1 aliphatic heterocycles. The van der Waals surface area contributed by atoms with Crippen LogP contribution >= 0.6 is 0 Å². The molecule has 15 heteroatoms. The van der Waals surface area contributed by atoms with Crippen LogP contribution in [0.3, 0.4) is 0 Å². The first-order valence-corrected chi connectivity index (χ1v) is 14.1. The molecule has 0 saturated carbocycles. The van der Waals surface area contributed by atoms with Crippen molar-refractivity contribution in [2.75, 3.05) is 13.1 Å². The van der Waals surface area contributed by atoms with Crippen molar-refractivity contribution in [3.05, 3.63) is 53.8 Å². The molecule has 2 heterocycles. The highest BCUT2D eigenvalue weighted by Gasteiger charge is 2.49. The summed E-state index contributed by atoms with van der Waals surface area (Å²) >= 11 is 0. The van der Waals surface area contributed by atoms with Gasteiger partial charge in [0.25, 0.3) is 11.8 Å². The van der Waals surface area contributed by atoms with Gasteiger partial charge in [-0.1, -0.05) is 12.1 Å². The predicted octanol–water partition coefficient (Wildman–Crippen LogP) is 6.22. The molecule has 228 valence electrons. The number of halogens is 5. The first kappa shape index (κ1) is 31.1. The highest BCUT2D eigenvalue weighted by molar-refractivity contribution is 7.88. The second-order valence-corrected chi connectivity index (χ2v) is 12.2. The smallest absolute Gasteiger partial charge is 0.455 e. The molecule has 0 spiro atoms. The average molecular weight is 619 g/mol. The number of nitrogens with one attached hydrogen (secondary N) is 1. The third-order valence-corrected chi connectivity index (χ3v) is 7.14. The fraction of sp³-hybridized carbons (Fsp3) is 0.407. The number of likely N-dealkylation sites (tertiary alicyclic amines) is 1. The molecule has 1 saturated heterocycles. The van der Waals surface area contributed by atoms with Crippen molar-refractivity contribution in [1.29, 1.82) is 0 Å². The highest BCUT2D eigenvalue weighted by atomic mass is 32.2. The number of piperidine rings is 1. The zero-order valence-corrected chi connectivity index (χ0v) is 23.5. The Morgan fingerprint density at radius 1 is 1.00 bits per heavy atom. The molecule has 1 aliphatic rings. The minimum Gasteiger partial charge on any atom is -0.455 e. The molecule has 0 radical (unpaired) electrons. The Kier molecular flexibility index (Phi) is 8.19. The molecule has 0 aliphatic carbocycles. The van der Waals surface area contributed by atoms with Gasteiger partial charge in [0.2, 0.25) is 0 Å². The van der Waals surface area contributed by atoms with E-state index in [1.807, 2.05) is 0 Å². The molecular formula is C27H27F5N2O7S. The summed E-state index contributed by atoms with van der Waals surface area (Å²) in [6.07, 6.45) is -1.67. The number of rotatable bonds is 6. The van der Waals surface area contributed by atoms with Gasteiger partial charge < -0.3 is 23.6 Å². The Hall–Kier alpha value is -3.88. The van der Waals surface area contributed by atoms with Gasteiger partial charge in [-0.2, -0.15) is 21.6 Å². The van der Waals surface area contributed by atoms with Crippen molar-refractivity contribution >= 4 is 33.1 Å². The van der Waals surface area contributed by atoms with Gasteiger partial charge >= 0.3 is 21.7 Å². The molecule has 1 aromatic heterocycles. The van der Waals surface area contributed by atoms with Crippen LogP contribution in [0.2, 0.25) is 0 Å². The van der Waals surface area contributed by atoms with Gasteiger partial charge in [0.05, 0.1) is 6.54 Å². The third kappa shape index (κ3) is 7.30. The van der Waals surface area contributed by atoms with Crippen LogP contribution in [0.4, 0.5) is 26.7 Å². The van der Waals surface area contributed by atoms with E-state index >= 15 is 0 Å². The zero-order chi connectivity index (χ0) is 31.1. The maximum absolute atomic E-state index is 13.5. The van der Waals surface area contributed by atoms with E-state index < -0.39 is 57.7 Å². The summed E-state index contributed by atoms with van der Waals surface area (Å²) in [6, 6.07) is 9.70. The van der Waals surface area contributed by atoms with Crippen molar-refractivity contribution in [3.8, 4) is 16.9 Å². The van der Waals surface area contributed by atoms with Gasteiger partial charge in [-0.05, 0) is 62.2 Å². The number of benzene rings is 2. The molecule has 1 N–H and O–H groups in total. The van der Waals surface area contributed by atoms with Gasteiger partial charge in [0, 0.05) is 36.9 Å². The van der Waals surface area contributed by atoms with Crippen molar-refractivity contribution in [1.82, 2.24) is 10.2 Å². The number of carbonyl (C=O) groups excluding carboxylic acids is 2. The van der Waals surface area contributed by atoms with Crippen LogP contribution in [0.15, 0.2) is 46.9 Å². The zero-order valence-electron chi connectivity index (χ0n) is 22.7. The largest absolute Gasteiger partial charge is 0.534 e. The topological polar surface area (TPSA) is 115 Å². The van der Waals surface area contributed by atoms with Gasteiger partial charge in [0.1, 0.15) is 11.4 Å². The molecule has 4 rings (SSSR count). The molecule has 2 aromatic carbocycles.